The first kappa shape index (κ1) is 22.2. The number of hydrogen-bond acceptors (Lipinski definition) is 4. The minimum atomic E-state index is -0.542. The van der Waals surface area contributed by atoms with Crippen LogP contribution < -0.4 is 10.2 Å². The molecule has 1 aliphatic heterocycles. The molecular weight excluding hydrogens is 450 g/mol. The zero-order valence-electron chi connectivity index (χ0n) is 19.2. The zero-order chi connectivity index (χ0) is 24.0. The van der Waals surface area contributed by atoms with Gasteiger partial charge in [-0.05, 0) is 72.9 Å². The molecule has 1 aromatic heterocycles. The van der Waals surface area contributed by atoms with Gasteiger partial charge in [-0.3, -0.25) is 9.59 Å². The number of ether oxygens (including phenoxy) is 1. The summed E-state index contributed by atoms with van der Waals surface area (Å²) in [6, 6.07) is 18.3. The minimum Gasteiger partial charge on any atom is -0.497 e. The van der Waals surface area contributed by atoms with Crippen molar-refractivity contribution in [3.05, 3.63) is 109 Å². The Kier molecular flexibility index (Phi) is 5.66. The maximum Gasteiger partial charge on any atom is 0.290 e. The Bertz CT molecular complexity index is 1460. The number of aryl methyl sites for hydroxylation is 2. The van der Waals surface area contributed by atoms with Crippen LogP contribution in [0.2, 0.25) is 5.02 Å². The van der Waals surface area contributed by atoms with E-state index in [9.17, 15) is 9.59 Å². The monoisotopic (exact) mass is 473 g/mol. The predicted molar refractivity (Wildman–Crippen MR) is 133 cm³/mol. The molecule has 5 nitrogen and oxygen atoms in total. The van der Waals surface area contributed by atoms with Gasteiger partial charge in [0, 0.05) is 11.6 Å². The van der Waals surface area contributed by atoms with E-state index in [0.717, 1.165) is 28.0 Å². The first-order chi connectivity index (χ1) is 16.4. The van der Waals surface area contributed by atoms with Crippen molar-refractivity contribution in [1.29, 1.82) is 0 Å². The SMILES string of the molecule is COc1ccc(CCN2C(=O)c3oc4c(C)cc(C)cc4c(=O)c3[C@@H]2c2ccc(Cl)cc2)cc1. The molecule has 6 heteroatoms. The summed E-state index contributed by atoms with van der Waals surface area (Å²) in [4.78, 5) is 29.0. The van der Waals surface area contributed by atoms with Gasteiger partial charge in [0.25, 0.3) is 5.91 Å². The number of amides is 1. The van der Waals surface area contributed by atoms with Crippen molar-refractivity contribution < 1.29 is 13.9 Å². The molecule has 0 unspecified atom stereocenters. The number of rotatable bonds is 5. The Balaban J connectivity index is 1.62. The molecule has 4 aromatic rings. The van der Waals surface area contributed by atoms with Crippen LogP contribution in [0.3, 0.4) is 0 Å². The van der Waals surface area contributed by atoms with Crippen molar-refractivity contribution >= 4 is 28.5 Å². The van der Waals surface area contributed by atoms with Gasteiger partial charge in [-0.15, -0.1) is 0 Å². The molecule has 172 valence electrons. The van der Waals surface area contributed by atoms with E-state index in [0.29, 0.717) is 34.5 Å². The van der Waals surface area contributed by atoms with E-state index >= 15 is 0 Å². The molecule has 0 saturated carbocycles. The fourth-order valence-corrected chi connectivity index (χ4v) is 4.86. The lowest BCUT2D eigenvalue weighted by molar-refractivity contribution is 0.0730. The number of methoxy groups -OCH3 is 1. The van der Waals surface area contributed by atoms with Gasteiger partial charge in [0.05, 0.1) is 24.1 Å². The summed E-state index contributed by atoms with van der Waals surface area (Å²) in [5.74, 6) is 0.626. The van der Waals surface area contributed by atoms with Gasteiger partial charge in [-0.1, -0.05) is 41.9 Å². The third-order valence-corrected chi connectivity index (χ3v) is 6.64. The average molecular weight is 474 g/mol. The van der Waals surface area contributed by atoms with Crippen LogP contribution in [0, 0.1) is 13.8 Å². The Morgan fingerprint density at radius 1 is 1.00 bits per heavy atom. The van der Waals surface area contributed by atoms with E-state index in [4.69, 9.17) is 20.8 Å². The molecule has 0 saturated heterocycles. The topological polar surface area (TPSA) is 59.8 Å². The minimum absolute atomic E-state index is 0.124. The number of carbonyl (C=O) groups excluding carboxylic acids is 1. The van der Waals surface area contributed by atoms with Crippen LogP contribution in [0.15, 0.2) is 69.9 Å². The molecule has 3 aromatic carbocycles. The van der Waals surface area contributed by atoms with Crippen molar-refractivity contribution in [1.82, 2.24) is 4.90 Å². The number of benzene rings is 3. The molecule has 0 spiro atoms. The number of nitrogens with zero attached hydrogens (tertiary/aromatic N) is 1. The van der Waals surface area contributed by atoms with Gasteiger partial charge < -0.3 is 14.1 Å². The van der Waals surface area contributed by atoms with Gasteiger partial charge in [-0.2, -0.15) is 0 Å². The fraction of sp³-hybridized carbons (Fsp3) is 0.214. The Hall–Kier alpha value is -3.57. The van der Waals surface area contributed by atoms with Crippen molar-refractivity contribution in [3.63, 3.8) is 0 Å². The summed E-state index contributed by atoms with van der Waals surface area (Å²) in [5.41, 5.74) is 4.39. The highest BCUT2D eigenvalue weighted by Gasteiger charge is 2.42. The van der Waals surface area contributed by atoms with Gasteiger partial charge in [-0.25, -0.2) is 0 Å². The summed E-state index contributed by atoms with van der Waals surface area (Å²) in [7, 11) is 1.63. The largest absolute Gasteiger partial charge is 0.497 e. The first-order valence-corrected chi connectivity index (χ1v) is 11.5. The van der Waals surface area contributed by atoms with Crippen LogP contribution >= 0.6 is 11.6 Å². The second-order valence-corrected chi connectivity index (χ2v) is 9.12. The maximum atomic E-state index is 13.7. The average Bonchev–Trinajstić information content (AvgIpc) is 3.11. The van der Waals surface area contributed by atoms with Crippen molar-refractivity contribution in [2.45, 2.75) is 26.3 Å². The van der Waals surface area contributed by atoms with Gasteiger partial charge in [0.15, 0.2) is 5.43 Å². The Labute approximate surface area is 202 Å². The molecular formula is C28H24ClNO4. The van der Waals surface area contributed by atoms with Gasteiger partial charge in [0.1, 0.15) is 11.3 Å². The van der Waals surface area contributed by atoms with Crippen molar-refractivity contribution in [3.8, 4) is 5.75 Å². The molecule has 5 rings (SSSR count). The first-order valence-electron chi connectivity index (χ1n) is 11.1. The fourth-order valence-electron chi connectivity index (χ4n) is 4.74. The van der Waals surface area contributed by atoms with E-state index in [1.54, 1.807) is 24.1 Å². The number of hydrogen-bond donors (Lipinski definition) is 0. The Morgan fingerprint density at radius 3 is 2.38 bits per heavy atom. The molecule has 1 atom stereocenters. The smallest absolute Gasteiger partial charge is 0.290 e. The van der Waals surface area contributed by atoms with Crippen molar-refractivity contribution in [2.24, 2.45) is 0 Å². The van der Waals surface area contributed by atoms with Gasteiger partial charge in [0.2, 0.25) is 5.76 Å². The molecule has 1 aliphatic rings. The van der Waals surface area contributed by atoms with Gasteiger partial charge >= 0.3 is 0 Å². The van der Waals surface area contributed by atoms with E-state index in [1.165, 1.54) is 0 Å². The summed E-state index contributed by atoms with van der Waals surface area (Å²) >= 11 is 6.12. The highest BCUT2D eigenvalue weighted by atomic mass is 35.5. The third-order valence-electron chi connectivity index (χ3n) is 6.38. The molecule has 2 heterocycles. The van der Waals surface area contributed by atoms with Crippen LogP contribution in [-0.4, -0.2) is 24.5 Å². The third kappa shape index (κ3) is 3.76. The summed E-state index contributed by atoms with van der Waals surface area (Å²) < 4.78 is 11.4. The molecule has 0 aliphatic carbocycles. The highest BCUT2D eigenvalue weighted by Crippen LogP contribution is 2.39. The van der Waals surface area contributed by atoms with Crippen LogP contribution in [0.4, 0.5) is 0 Å². The van der Waals surface area contributed by atoms with E-state index in [2.05, 4.69) is 0 Å². The number of fused-ring (bicyclic) bond motifs is 2. The zero-order valence-corrected chi connectivity index (χ0v) is 20.0. The van der Waals surface area contributed by atoms with Crippen LogP contribution in [-0.2, 0) is 6.42 Å². The van der Waals surface area contributed by atoms with E-state index in [1.807, 2.05) is 62.4 Å². The quantitative estimate of drug-likeness (QED) is 0.364. The summed E-state index contributed by atoms with van der Waals surface area (Å²) in [6.45, 7) is 4.26. The lowest BCUT2D eigenvalue weighted by atomic mass is 9.97. The predicted octanol–water partition coefficient (Wildman–Crippen LogP) is 5.86. The summed E-state index contributed by atoms with van der Waals surface area (Å²) in [6.07, 6.45) is 0.625. The standard InChI is InChI=1S/C28H24ClNO4/c1-16-14-17(2)26-22(15-16)25(31)23-24(19-6-8-20(29)9-7-19)30(28(32)27(23)34-26)13-12-18-4-10-21(33-3)11-5-18/h4-11,14-15,24H,12-13H2,1-3H3/t24-/m0/s1. The lowest BCUT2D eigenvalue weighted by Gasteiger charge is -2.25. The molecule has 0 radical (unpaired) electrons. The molecule has 0 bridgehead atoms. The van der Waals surface area contributed by atoms with Crippen molar-refractivity contribution in [2.75, 3.05) is 13.7 Å². The van der Waals surface area contributed by atoms with E-state index in [-0.39, 0.29) is 17.1 Å². The second kappa shape index (κ2) is 8.65. The van der Waals surface area contributed by atoms with Crippen LogP contribution in [0.25, 0.3) is 11.0 Å². The van der Waals surface area contributed by atoms with Crippen LogP contribution in [0.1, 0.15) is 44.4 Å². The Morgan fingerprint density at radius 2 is 1.71 bits per heavy atom. The lowest BCUT2D eigenvalue weighted by Crippen LogP contribution is -2.31. The normalized spacial score (nSPS) is 15.1. The molecule has 1 amide bonds. The molecule has 34 heavy (non-hydrogen) atoms. The number of carbonyl (C=O) groups is 1. The second-order valence-electron chi connectivity index (χ2n) is 8.68. The van der Waals surface area contributed by atoms with E-state index < -0.39 is 6.04 Å². The highest BCUT2D eigenvalue weighted by molar-refractivity contribution is 6.30. The molecule has 0 fully saturated rings. The molecule has 0 N–H and O–H groups in total. The summed E-state index contributed by atoms with van der Waals surface area (Å²) in [5, 5.41) is 1.09. The maximum absolute atomic E-state index is 13.7. The van der Waals surface area contributed by atoms with Crippen LogP contribution in [0.5, 0.6) is 5.75 Å². The number of halogens is 1.